The Morgan fingerprint density at radius 1 is 1.35 bits per heavy atom. The first-order valence-electron chi connectivity index (χ1n) is 7.17. The largest absolute Gasteiger partial charge is 0.385 e. The fourth-order valence-electron chi connectivity index (χ4n) is 2.16. The van der Waals surface area contributed by atoms with Crippen LogP contribution in [-0.4, -0.2) is 43.8 Å². The first kappa shape index (κ1) is 17.4. The maximum Gasteiger partial charge on any atom is 0.0834 e. The van der Waals surface area contributed by atoms with Crippen LogP contribution < -0.4 is 5.32 Å². The number of nitrogens with one attached hydrogen (secondary N) is 1. The van der Waals surface area contributed by atoms with Crippen LogP contribution in [0.15, 0.2) is 6.20 Å². The van der Waals surface area contributed by atoms with E-state index in [0.29, 0.717) is 18.2 Å². The molecule has 1 unspecified atom stereocenters. The van der Waals surface area contributed by atoms with Gasteiger partial charge in [-0.15, -0.1) is 0 Å². The molecule has 6 heteroatoms. The van der Waals surface area contributed by atoms with Crippen LogP contribution in [0.4, 0.5) is 0 Å². The van der Waals surface area contributed by atoms with Crippen molar-refractivity contribution in [1.82, 2.24) is 15.1 Å². The maximum atomic E-state index is 6.31. The van der Waals surface area contributed by atoms with Crippen molar-refractivity contribution in [3.05, 3.63) is 16.9 Å². The van der Waals surface area contributed by atoms with Crippen LogP contribution in [0.1, 0.15) is 37.9 Å². The van der Waals surface area contributed by atoms with Crippen LogP contribution in [0.3, 0.4) is 0 Å². The topological polar surface area (TPSA) is 48.3 Å². The molecular formula is C14H26ClN3O2. The van der Waals surface area contributed by atoms with E-state index in [4.69, 9.17) is 21.1 Å². The molecule has 0 amide bonds. The van der Waals surface area contributed by atoms with E-state index >= 15 is 0 Å². The van der Waals surface area contributed by atoms with Crippen LogP contribution in [0.2, 0.25) is 5.02 Å². The van der Waals surface area contributed by atoms with Crippen molar-refractivity contribution in [2.75, 3.05) is 34.0 Å². The minimum absolute atomic E-state index is 0.206. The lowest BCUT2D eigenvalue weighted by atomic mass is 10.1. The standard InChI is InChI=1S/C14H26ClN3O2/c1-4-7-16-13(6-5-9-19-2)14-12(15)11-17-18(14)8-10-20-3/h11,13,16H,4-10H2,1-3H3. The highest BCUT2D eigenvalue weighted by Crippen LogP contribution is 2.26. The molecule has 1 aromatic rings. The van der Waals surface area contributed by atoms with Gasteiger partial charge >= 0.3 is 0 Å². The van der Waals surface area contributed by atoms with E-state index in [-0.39, 0.29) is 6.04 Å². The molecule has 116 valence electrons. The quantitative estimate of drug-likeness (QED) is 0.639. The average Bonchev–Trinajstić information content (AvgIpc) is 2.81. The molecule has 0 aliphatic heterocycles. The number of rotatable bonds is 11. The molecule has 1 aromatic heterocycles. The predicted molar refractivity (Wildman–Crippen MR) is 81.3 cm³/mol. The molecule has 0 bridgehead atoms. The lowest BCUT2D eigenvalue weighted by molar-refractivity contribution is 0.179. The zero-order valence-corrected chi connectivity index (χ0v) is 13.4. The minimum Gasteiger partial charge on any atom is -0.385 e. The minimum atomic E-state index is 0.206. The van der Waals surface area contributed by atoms with Crippen LogP contribution in [0.5, 0.6) is 0 Å². The third kappa shape index (κ3) is 5.40. The maximum absolute atomic E-state index is 6.31. The highest BCUT2D eigenvalue weighted by Gasteiger charge is 2.19. The molecule has 1 heterocycles. The summed E-state index contributed by atoms with van der Waals surface area (Å²) in [5, 5.41) is 8.61. The van der Waals surface area contributed by atoms with Crippen LogP contribution in [0.25, 0.3) is 0 Å². The number of ether oxygens (including phenoxy) is 2. The van der Waals surface area contributed by atoms with Gasteiger partial charge in [-0.05, 0) is 25.8 Å². The third-order valence-corrected chi connectivity index (χ3v) is 3.44. The summed E-state index contributed by atoms with van der Waals surface area (Å²) >= 11 is 6.31. The zero-order valence-electron chi connectivity index (χ0n) is 12.7. The molecule has 0 saturated carbocycles. The van der Waals surface area contributed by atoms with E-state index in [2.05, 4.69) is 17.3 Å². The van der Waals surface area contributed by atoms with E-state index in [0.717, 1.165) is 38.1 Å². The molecule has 1 rings (SSSR count). The van der Waals surface area contributed by atoms with Gasteiger partial charge in [0.25, 0.3) is 0 Å². The van der Waals surface area contributed by atoms with Gasteiger partial charge in [0.05, 0.1) is 36.1 Å². The number of hydrogen-bond acceptors (Lipinski definition) is 4. The monoisotopic (exact) mass is 303 g/mol. The molecule has 0 radical (unpaired) electrons. The van der Waals surface area contributed by atoms with Crippen LogP contribution in [-0.2, 0) is 16.0 Å². The number of hydrogen-bond donors (Lipinski definition) is 1. The first-order valence-corrected chi connectivity index (χ1v) is 7.54. The SMILES string of the molecule is CCCNC(CCCOC)c1c(Cl)cnn1CCOC. The Labute approximate surface area is 126 Å². The van der Waals surface area contributed by atoms with Crippen molar-refractivity contribution in [3.8, 4) is 0 Å². The molecule has 0 aliphatic rings. The van der Waals surface area contributed by atoms with Crippen LogP contribution in [0, 0.1) is 0 Å². The Morgan fingerprint density at radius 3 is 2.75 bits per heavy atom. The summed E-state index contributed by atoms with van der Waals surface area (Å²) < 4.78 is 12.2. The fourth-order valence-corrected chi connectivity index (χ4v) is 2.43. The molecule has 5 nitrogen and oxygen atoms in total. The summed E-state index contributed by atoms with van der Waals surface area (Å²) in [5.41, 5.74) is 1.05. The summed E-state index contributed by atoms with van der Waals surface area (Å²) in [4.78, 5) is 0. The van der Waals surface area contributed by atoms with Gasteiger partial charge in [-0.3, -0.25) is 4.68 Å². The van der Waals surface area contributed by atoms with Gasteiger partial charge in [0, 0.05) is 20.8 Å². The Kier molecular flexibility index (Phi) is 8.85. The van der Waals surface area contributed by atoms with Gasteiger partial charge in [0.15, 0.2) is 0 Å². The summed E-state index contributed by atoms with van der Waals surface area (Å²) in [7, 11) is 3.42. The first-order chi connectivity index (χ1) is 9.74. The van der Waals surface area contributed by atoms with Crippen molar-refractivity contribution in [2.24, 2.45) is 0 Å². The van der Waals surface area contributed by atoms with Crippen molar-refractivity contribution in [1.29, 1.82) is 0 Å². The smallest absolute Gasteiger partial charge is 0.0834 e. The van der Waals surface area contributed by atoms with Crippen LogP contribution >= 0.6 is 11.6 Å². The zero-order chi connectivity index (χ0) is 14.8. The van der Waals surface area contributed by atoms with E-state index in [1.54, 1.807) is 20.4 Å². The van der Waals surface area contributed by atoms with Gasteiger partial charge < -0.3 is 14.8 Å². The molecule has 1 N–H and O–H groups in total. The number of aromatic nitrogens is 2. The molecule has 0 fully saturated rings. The number of halogens is 1. The highest BCUT2D eigenvalue weighted by atomic mass is 35.5. The van der Waals surface area contributed by atoms with Crippen molar-refractivity contribution in [3.63, 3.8) is 0 Å². The van der Waals surface area contributed by atoms with Gasteiger partial charge in [0.1, 0.15) is 0 Å². The lowest BCUT2D eigenvalue weighted by Gasteiger charge is -2.20. The molecule has 20 heavy (non-hydrogen) atoms. The molecule has 0 aliphatic carbocycles. The second-order valence-electron chi connectivity index (χ2n) is 4.74. The second kappa shape index (κ2) is 10.2. The lowest BCUT2D eigenvalue weighted by Crippen LogP contribution is -2.26. The number of methoxy groups -OCH3 is 2. The van der Waals surface area contributed by atoms with Gasteiger partial charge in [-0.25, -0.2) is 0 Å². The Bertz CT molecular complexity index is 371. The molecule has 0 saturated heterocycles. The second-order valence-corrected chi connectivity index (χ2v) is 5.14. The van der Waals surface area contributed by atoms with E-state index < -0.39 is 0 Å². The summed E-state index contributed by atoms with van der Waals surface area (Å²) in [6.45, 7) is 5.22. The summed E-state index contributed by atoms with van der Waals surface area (Å²) in [6, 6.07) is 0.206. The van der Waals surface area contributed by atoms with Crippen molar-refractivity contribution < 1.29 is 9.47 Å². The molecule has 1 atom stereocenters. The fraction of sp³-hybridized carbons (Fsp3) is 0.786. The van der Waals surface area contributed by atoms with E-state index in [1.165, 1.54) is 0 Å². The van der Waals surface area contributed by atoms with Crippen molar-refractivity contribution in [2.45, 2.75) is 38.8 Å². The normalized spacial score (nSPS) is 12.8. The van der Waals surface area contributed by atoms with Gasteiger partial charge in [-0.1, -0.05) is 18.5 Å². The predicted octanol–water partition coefficient (Wildman–Crippen LogP) is 2.65. The Morgan fingerprint density at radius 2 is 2.10 bits per heavy atom. The van der Waals surface area contributed by atoms with E-state index in [9.17, 15) is 0 Å². The van der Waals surface area contributed by atoms with Gasteiger partial charge in [-0.2, -0.15) is 5.10 Å². The Hall–Kier alpha value is -0.620. The summed E-state index contributed by atoms with van der Waals surface area (Å²) in [6.07, 6.45) is 4.77. The molecule has 0 aromatic carbocycles. The Balaban J connectivity index is 2.78. The number of nitrogens with zero attached hydrogens (tertiary/aromatic N) is 2. The van der Waals surface area contributed by atoms with E-state index in [1.807, 2.05) is 4.68 Å². The molecule has 0 spiro atoms. The van der Waals surface area contributed by atoms with Crippen molar-refractivity contribution >= 4 is 11.6 Å². The highest BCUT2D eigenvalue weighted by molar-refractivity contribution is 6.31. The summed E-state index contributed by atoms with van der Waals surface area (Å²) in [5.74, 6) is 0. The third-order valence-electron chi connectivity index (χ3n) is 3.15. The van der Waals surface area contributed by atoms with Gasteiger partial charge in [0.2, 0.25) is 0 Å². The molecular weight excluding hydrogens is 278 g/mol. The average molecular weight is 304 g/mol.